The highest BCUT2D eigenvalue weighted by molar-refractivity contribution is 5.98. The average Bonchev–Trinajstić information content (AvgIpc) is 3.22. The number of nitrogens with one attached hydrogen (secondary N) is 2. The van der Waals surface area contributed by atoms with E-state index in [2.05, 4.69) is 10.6 Å². The van der Waals surface area contributed by atoms with E-state index in [0.29, 0.717) is 35.7 Å². The molecule has 2 aliphatic rings. The van der Waals surface area contributed by atoms with Gasteiger partial charge in [0.25, 0.3) is 0 Å². The van der Waals surface area contributed by atoms with Crippen LogP contribution in [0.1, 0.15) is 24.1 Å². The molecule has 33 heavy (non-hydrogen) atoms. The quantitative estimate of drug-likeness (QED) is 0.597. The third-order valence-electron chi connectivity index (χ3n) is 5.48. The first-order chi connectivity index (χ1) is 16.0. The van der Waals surface area contributed by atoms with Crippen molar-refractivity contribution in [1.82, 2.24) is 15.5 Å². The minimum Gasteiger partial charge on any atom is -0.497 e. The van der Waals surface area contributed by atoms with Crippen molar-refractivity contribution in [3.63, 3.8) is 0 Å². The van der Waals surface area contributed by atoms with Gasteiger partial charge >= 0.3 is 12.0 Å². The van der Waals surface area contributed by atoms with E-state index < -0.39 is 18.0 Å². The Morgan fingerprint density at radius 3 is 2.67 bits per heavy atom. The summed E-state index contributed by atoms with van der Waals surface area (Å²) in [4.78, 5) is 39.4. The summed E-state index contributed by atoms with van der Waals surface area (Å²) in [6.45, 7) is 2.29. The Bertz CT molecular complexity index is 1100. The molecule has 2 heterocycles. The van der Waals surface area contributed by atoms with Crippen molar-refractivity contribution in [1.29, 1.82) is 0 Å². The third kappa shape index (κ3) is 4.62. The number of carbonyl (C=O) groups is 3. The van der Waals surface area contributed by atoms with Gasteiger partial charge in [0.15, 0.2) is 0 Å². The number of hydrogen-bond acceptors (Lipinski definition) is 6. The molecule has 0 saturated carbocycles. The molecule has 0 aromatic heterocycles. The molecule has 0 radical (unpaired) electrons. The molecule has 0 aliphatic carbocycles. The Balaban J connectivity index is 1.52. The Morgan fingerprint density at radius 2 is 1.94 bits per heavy atom. The molecule has 0 bridgehead atoms. The van der Waals surface area contributed by atoms with Crippen molar-refractivity contribution < 1.29 is 28.6 Å². The van der Waals surface area contributed by atoms with Gasteiger partial charge in [0.2, 0.25) is 5.91 Å². The van der Waals surface area contributed by atoms with Crippen LogP contribution < -0.4 is 20.1 Å². The summed E-state index contributed by atoms with van der Waals surface area (Å²) in [5.41, 5.74) is 2.24. The third-order valence-corrected chi connectivity index (χ3v) is 5.48. The van der Waals surface area contributed by atoms with E-state index in [1.54, 1.807) is 31.4 Å². The van der Waals surface area contributed by atoms with E-state index in [9.17, 15) is 14.4 Å². The molecule has 4 rings (SSSR count). The molecule has 3 amide bonds. The number of ether oxygens (including phenoxy) is 3. The predicted octanol–water partition coefficient (Wildman–Crippen LogP) is 2.29. The summed E-state index contributed by atoms with van der Waals surface area (Å²) < 4.78 is 16.0. The van der Waals surface area contributed by atoms with Crippen molar-refractivity contribution in [2.45, 2.75) is 19.5 Å². The second-order valence-corrected chi connectivity index (χ2v) is 7.50. The van der Waals surface area contributed by atoms with Crippen molar-refractivity contribution in [2.75, 3.05) is 26.9 Å². The number of urea groups is 1. The monoisotopic (exact) mass is 451 g/mol. The summed E-state index contributed by atoms with van der Waals surface area (Å²) in [6, 6.07) is 13.3. The zero-order chi connectivity index (χ0) is 23.4. The fraction of sp³-hybridized carbons (Fsp3) is 0.292. The number of amides is 3. The minimum absolute atomic E-state index is 0.0688. The van der Waals surface area contributed by atoms with E-state index >= 15 is 0 Å². The number of hydrogen-bond donors (Lipinski definition) is 2. The van der Waals surface area contributed by atoms with E-state index in [1.807, 2.05) is 31.2 Å². The van der Waals surface area contributed by atoms with Crippen LogP contribution in [0.4, 0.5) is 4.79 Å². The molecule has 2 aliphatic heterocycles. The Labute approximate surface area is 191 Å². The zero-order valence-corrected chi connectivity index (χ0v) is 18.4. The van der Waals surface area contributed by atoms with Gasteiger partial charge in [0, 0.05) is 12.1 Å². The molecule has 9 heteroatoms. The summed E-state index contributed by atoms with van der Waals surface area (Å²) in [6.07, 6.45) is 0. The summed E-state index contributed by atoms with van der Waals surface area (Å²) in [5.74, 6) is 0.411. The number of benzene rings is 2. The van der Waals surface area contributed by atoms with Gasteiger partial charge in [-0.15, -0.1) is 0 Å². The Kier molecular flexibility index (Phi) is 6.48. The fourth-order valence-electron chi connectivity index (χ4n) is 3.86. The zero-order valence-electron chi connectivity index (χ0n) is 18.4. The first-order valence-corrected chi connectivity index (χ1v) is 10.6. The van der Waals surface area contributed by atoms with E-state index in [4.69, 9.17) is 14.2 Å². The van der Waals surface area contributed by atoms with Gasteiger partial charge in [-0.2, -0.15) is 0 Å². The highest BCUT2D eigenvalue weighted by Gasteiger charge is 2.43. The van der Waals surface area contributed by atoms with Crippen LogP contribution in [0.3, 0.4) is 0 Å². The summed E-state index contributed by atoms with van der Waals surface area (Å²) in [7, 11) is 1.58. The SMILES string of the molecule is CCOc1ccccc1[C@@H]1NC(=O)N(CC(=O)NCc2ccc(OC)cc2)C2=C1C(=O)OC2. The van der Waals surface area contributed by atoms with Crippen molar-refractivity contribution in [3.05, 3.63) is 70.9 Å². The number of cyclic esters (lactones) is 1. The molecule has 2 aromatic carbocycles. The maximum atomic E-state index is 13.0. The van der Waals surface area contributed by atoms with Crippen LogP contribution in [0.25, 0.3) is 0 Å². The molecular formula is C24H25N3O6. The molecule has 1 atom stereocenters. The van der Waals surface area contributed by atoms with Crippen molar-refractivity contribution in [3.8, 4) is 11.5 Å². The first-order valence-electron chi connectivity index (χ1n) is 10.6. The second-order valence-electron chi connectivity index (χ2n) is 7.50. The largest absolute Gasteiger partial charge is 0.497 e. The molecule has 2 N–H and O–H groups in total. The van der Waals surface area contributed by atoms with E-state index in [0.717, 1.165) is 11.3 Å². The predicted molar refractivity (Wildman–Crippen MR) is 118 cm³/mol. The summed E-state index contributed by atoms with van der Waals surface area (Å²) >= 11 is 0. The molecule has 9 nitrogen and oxygen atoms in total. The molecule has 0 fully saturated rings. The van der Waals surface area contributed by atoms with Crippen LogP contribution in [-0.4, -0.2) is 49.7 Å². The average molecular weight is 451 g/mol. The molecule has 2 aromatic rings. The number of esters is 1. The van der Waals surface area contributed by atoms with Gasteiger partial charge in [0.05, 0.1) is 31.0 Å². The molecular weight excluding hydrogens is 426 g/mol. The number of rotatable bonds is 8. The first kappa shape index (κ1) is 22.2. The van der Waals surface area contributed by atoms with Crippen LogP contribution in [-0.2, 0) is 20.9 Å². The van der Waals surface area contributed by atoms with Crippen LogP contribution in [0.2, 0.25) is 0 Å². The smallest absolute Gasteiger partial charge is 0.338 e. The number of carbonyl (C=O) groups excluding carboxylic acids is 3. The maximum Gasteiger partial charge on any atom is 0.338 e. The fourth-order valence-corrected chi connectivity index (χ4v) is 3.86. The highest BCUT2D eigenvalue weighted by Crippen LogP contribution is 2.38. The molecule has 0 saturated heterocycles. The van der Waals surface area contributed by atoms with Crippen LogP contribution in [0.15, 0.2) is 59.8 Å². The number of nitrogens with zero attached hydrogens (tertiary/aromatic N) is 1. The van der Waals surface area contributed by atoms with Crippen molar-refractivity contribution in [2.24, 2.45) is 0 Å². The van der Waals surface area contributed by atoms with Crippen LogP contribution in [0.5, 0.6) is 11.5 Å². The lowest BCUT2D eigenvalue weighted by molar-refractivity contribution is -0.136. The lowest BCUT2D eigenvalue weighted by Gasteiger charge is -2.33. The Hall–Kier alpha value is -4.01. The van der Waals surface area contributed by atoms with Gasteiger partial charge in [-0.3, -0.25) is 9.69 Å². The molecule has 0 unspecified atom stereocenters. The van der Waals surface area contributed by atoms with Crippen molar-refractivity contribution >= 4 is 17.9 Å². The van der Waals surface area contributed by atoms with E-state index in [1.165, 1.54) is 4.90 Å². The van der Waals surface area contributed by atoms with Crippen LogP contribution >= 0.6 is 0 Å². The van der Waals surface area contributed by atoms with Crippen LogP contribution in [0, 0.1) is 0 Å². The number of methoxy groups -OCH3 is 1. The molecule has 172 valence electrons. The topological polar surface area (TPSA) is 106 Å². The standard InChI is InChI=1S/C24H25N3O6/c1-3-32-19-7-5-4-6-17(19)22-21-18(14-33-23(21)29)27(24(30)26-22)13-20(28)25-12-15-8-10-16(31-2)11-9-15/h4-11,22H,3,12-14H2,1-2H3,(H,25,28)(H,26,30)/t22-/m0/s1. The van der Waals surface area contributed by atoms with E-state index in [-0.39, 0.29) is 19.1 Å². The second kappa shape index (κ2) is 9.64. The van der Waals surface area contributed by atoms with Gasteiger partial charge in [0.1, 0.15) is 24.7 Å². The van der Waals surface area contributed by atoms with Gasteiger partial charge in [-0.05, 0) is 30.7 Å². The Morgan fingerprint density at radius 1 is 1.18 bits per heavy atom. The lowest BCUT2D eigenvalue weighted by Crippen LogP contribution is -2.50. The summed E-state index contributed by atoms with van der Waals surface area (Å²) in [5, 5.41) is 5.62. The highest BCUT2D eigenvalue weighted by atomic mass is 16.5. The molecule has 0 spiro atoms. The minimum atomic E-state index is -0.719. The lowest BCUT2D eigenvalue weighted by atomic mass is 9.95. The van der Waals surface area contributed by atoms with Gasteiger partial charge < -0.3 is 24.8 Å². The maximum absolute atomic E-state index is 13.0. The normalized spacial score (nSPS) is 17.3. The van der Waals surface area contributed by atoms with Gasteiger partial charge in [-0.25, -0.2) is 9.59 Å². The van der Waals surface area contributed by atoms with Gasteiger partial charge in [-0.1, -0.05) is 30.3 Å². The number of para-hydroxylation sites is 1.